The van der Waals surface area contributed by atoms with Crippen molar-refractivity contribution in [3.8, 4) is 5.75 Å². The molecule has 1 unspecified atom stereocenters. The molecule has 3 N–H and O–H groups in total. The van der Waals surface area contributed by atoms with E-state index in [-0.39, 0.29) is 17.7 Å². The molecule has 1 heterocycles. The van der Waals surface area contributed by atoms with Crippen LogP contribution in [0.3, 0.4) is 0 Å². The van der Waals surface area contributed by atoms with Crippen LogP contribution < -0.4 is 5.73 Å². The van der Waals surface area contributed by atoms with Crippen molar-refractivity contribution in [3.05, 3.63) is 65.7 Å². The van der Waals surface area contributed by atoms with Gasteiger partial charge < -0.3 is 15.7 Å². The molecule has 0 spiro atoms. The second-order valence-electron chi connectivity index (χ2n) is 5.34. The minimum Gasteiger partial charge on any atom is -0.508 e. The number of phenols is 1. The topological polar surface area (TPSA) is 66.6 Å². The Morgan fingerprint density at radius 1 is 1.10 bits per heavy atom. The van der Waals surface area contributed by atoms with Crippen LogP contribution >= 0.6 is 0 Å². The number of rotatable bonds is 3. The number of benzene rings is 2. The molecule has 0 aliphatic carbocycles. The summed E-state index contributed by atoms with van der Waals surface area (Å²) in [5.41, 5.74) is 7.76. The van der Waals surface area contributed by atoms with Crippen molar-refractivity contribution < 1.29 is 9.90 Å². The lowest BCUT2D eigenvalue weighted by Crippen LogP contribution is -2.37. The molecule has 0 saturated carbocycles. The van der Waals surface area contributed by atoms with Crippen LogP contribution in [0.1, 0.15) is 23.6 Å². The van der Waals surface area contributed by atoms with Gasteiger partial charge >= 0.3 is 0 Å². The molecule has 2 atom stereocenters. The fourth-order valence-corrected chi connectivity index (χ4v) is 2.86. The highest BCUT2D eigenvalue weighted by Gasteiger charge is 2.35. The summed E-state index contributed by atoms with van der Waals surface area (Å²) in [5.74, 6) is 0.163. The van der Waals surface area contributed by atoms with Crippen molar-refractivity contribution in [2.45, 2.75) is 18.5 Å². The highest BCUT2D eigenvalue weighted by molar-refractivity contribution is 5.84. The molecule has 2 aromatic carbocycles. The molecular formula is C17H18N2O2. The largest absolute Gasteiger partial charge is 0.508 e. The third kappa shape index (κ3) is 2.62. The van der Waals surface area contributed by atoms with Gasteiger partial charge in [0.15, 0.2) is 0 Å². The van der Waals surface area contributed by atoms with Crippen LogP contribution in [-0.2, 0) is 4.79 Å². The van der Waals surface area contributed by atoms with Crippen molar-refractivity contribution >= 4 is 5.91 Å². The Hall–Kier alpha value is -2.33. The maximum atomic E-state index is 12.3. The predicted octanol–water partition coefficient (Wildman–Crippen LogP) is 2.04. The van der Waals surface area contributed by atoms with Gasteiger partial charge in [-0.05, 0) is 29.7 Å². The summed E-state index contributed by atoms with van der Waals surface area (Å²) in [7, 11) is 0. The van der Waals surface area contributed by atoms with E-state index in [1.165, 1.54) is 0 Å². The molecule has 3 rings (SSSR count). The number of hydrogen-bond donors (Lipinski definition) is 2. The van der Waals surface area contributed by atoms with Gasteiger partial charge in [0.05, 0.1) is 12.1 Å². The first-order valence-electron chi connectivity index (χ1n) is 7.07. The quantitative estimate of drug-likeness (QED) is 0.905. The molecule has 21 heavy (non-hydrogen) atoms. The second kappa shape index (κ2) is 5.58. The first kappa shape index (κ1) is 13.6. The SMILES string of the molecule is N[C@H]1CCN(C(c2ccccc2)c2cccc(O)c2)C1=O. The van der Waals surface area contributed by atoms with Crippen LogP contribution in [0.15, 0.2) is 54.6 Å². The van der Waals surface area contributed by atoms with Crippen molar-refractivity contribution in [2.75, 3.05) is 6.54 Å². The molecule has 4 heteroatoms. The molecule has 1 fully saturated rings. The molecular weight excluding hydrogens is 264 g/mol. The molecule has 108 valence electrons. The molecule has 1 amide bonds. The summed E-state index contributed by atoms with van der Waals surface area (Å²) in [6.45, 7) is 0.634. The van der Waals surface area contributed by atoms with Crippen molar-refractivity contribution in [1.29, 1.82) is 0 Å². The number of aromatic hydroxyl groups is 1. The van der Waals surface area contributed by atoms with Gasteiger partial charge in [-0.15, -0.1) is 0 Å². The Morgan fingerprint density at radius 2 is 1.81 bits per heavy atom. The van der Waals surface area contributed by atoms with Crippen LogP contribution in [0.4, 0.5) is 0 Å². The molecule has 0 bridgehead atoms. The highest BCUT2D eigenvalue weighted by atomic mass is 16.3. The Kier molecular flexibility index (Phi) is 3.62. The van der Waals surface area contributed by atoms with E-state index in [2.05, 4.69) is 0 Å². The van der Waals surface area contributed by atoms with E-state index >= 15 is 0 Å². The average molecular weight is 282 g/mol. The number of likely N-dealkylation sites (tertiary alicyclic amines) is 1. The zero-order valence-electron chi connectivity index (χ0n) is 11.6. The van der Waals surface area contributed by atoms with Crippen molar-refractivity contribution in [2.24, 2.45) is 5.73 Å². The fourth-order valence-electron chi connectivity index (χ4n) is 2.86. The van der Waals surface area contributed by atoms with Gasteiger partial charge in [0.2, 0.25) is 5.91 Å². The number of carbonyl (C=O) groups is 1. The minimum atomic E-state index is -0.423. The van der Waals surface area contributed by atoms with Crippen LogP contribution in [0.25, 0.3) is 0 Å². The van der Waals surface area contributed by atoms with Gasteiger partial charge in [0.25, 0.3) is 0 Å². The Morgan fingerprint density at radius 3 is 2.43 bits per heavy atom. The highest BCUT2D eigenvalue weighted by Crippen LogP contribution is 2.33. The van der Waals surface area contributed by atoms with Crippen LogP contribution in [0, 0.1) is 0 Å². The molecule has 0 radical (unpaired) electrons. The standard InChI is InChI=1S/C17H18N2O2/c18-15-9-10-19(17(15)21)16(12-5-2-1-3-6-12)13-7-4-8-14(20)11-13/h1-8,11,15-16,20H,9-10,18H2/t15-,16?/m0/s1. The molecule has 1 aliphatic rings. The maximum Gasteiger partial charge on any atom is 0.240 e. The Balaban J connectivity index is 2.06. The Bertz CT molecular complexity index is 642. The summed E-state index contributed by atoms with van der Waals surface area (Å²) < 4.78 is 0. The number of hydrogen-bond acceptors (Lipinski definition) is 3. The van der Waals surface area contributed by atoms with E-state index in [1.807, 2.05) is 36.4 Å². The number of nitrogens with zero attached hydrogens (tertiary/aromatic N) is 1. The van der Waals surface area contributed by atoms with E-state index in [9.17, 15) is 9.90 Å². The smallest absolute Gasteiger partial charge is 0.240 e. The van der Waals surface area contributed by atoms with Gasteiger partial charge in [0.1, 0.15) is 5.75 Å². The molecule has 1 aliphatic heterocycles. The van der Waals surface area contributed by atoms with E-state index in [0.29, 0.717) is 13.0 Å². The number of nitrogens with two attached hydrogens (primary N) is 1. The molecule has 4 nitrogen and oxygen atoms in total. The van der Waals surface area contributed by atoms with Crippen LogP contribution in [0.5, 0.6) is 5.75 Å². The first-order valence-corrected chi connectivity index (χ1v) is 7.07. The monoisotopic (exact) mass is 282 g/mol. The number of carbonyl (C=O) groups excluding carboxylic acids is 1. The zero-order valence-corrected chi connectivity index (χ0v) is 11.6. The zero-order chi connectivity index (χ0) is 14.8. The van der Waals surface area contributed by atoms with E-state index in [4.69, 9.17) is 5.73 Å². The molecule has 0 aromatic heterocycles. The van der Waals surface area contributed by atoms with Crippen molar-refractivity contribution in [1.82, 2.24) is 4.90 Å². The van der Waals surface area contributed by atoms with Crippen molar-refractivity contribution in [3.63, 3.8) is 0 Å². The lowest BCUT2D eigenvalue weighted by molar-refractivity contribution is -0.130. The molecule has 2 aromatic rings. The summed E-state index contributed by atoms with van der Waals surface area (Å²) in [4.78, 5) is 14.1. The van der Waals surface area contributed by atoms with E-state index in [1.54, 1.807) is 23.1 Å². The van der Waals surface area contributed by atoms with Crippen LogP contribution in [0.2, 0.25) is 0 Å². The number of amides is 1. The van der Waals surface area contributed by atoms with Gasteiger partial charge in [0, 0.05) is 6.54 Å². The summed E-state index contributed by atoms with van der Waals surface area (Å²) in [5, 5.41) is 9.74. The molecule has 1 saturated heterocycles. The maximum absolute atomic E-state index is 12.3. The third-order valence-corrected chi connectivity index (χ3v) is 3.89. The predicted molar refractivity (Wildman–Crippen MR) is 80.7 cm³/mol. The normalized spacial score (nSPS) is 19.8. The minimum absolute atomic E-state index is 0.0350. The Labute approximate surface area is 123 Å². The fraction of sp³-hybridized carbons (Fsp3) is 0.235. The lowest BCUT2D eigenvalue weighted by Gasteiger charge is -2.29. The van der Waals surface area contributed by atoms with E-state index in [0.717, 1.165) is 11.1 Å². The number of phenolic OH excluding ortho intramolecular Hbond substituents is 1. The van der Waals surface area contributed by atoms with Crippen LogP contribution in [-0.4, -0.2) is 28.5 Å². The van der Waals surface area contributed by atoms with E-state index < -0.39 is 6.04 Å². The van der Waals surface area contributed by atoms with Gasteiger partial charge in [-0.3, -0.25) is 4.79 Å². The summed E-state index contributed by atoms with van der Waals surface area (Å²) >= 11 is 0. The first-order chi connectivity index (χ1) is 10.2. The average Bonchev–Trinajstić information content (AvgIpc) is 2.81. The van der Waals surface area contributed by atoms with Gasteiger partial charge in [-0.2, -0.15) is 0 Å². The van der Waals surface area contributed by atoms with Gasteiger partial charge in [-0.1, -0.05) is 42.5 Å². The lowest BCUT2D eigenvalue weighted by atomic mass is 9.97. The second-order valence-corrected chi connectivity index (χ2v) is 5.34. The third-order valence-electron chi connectivity index (χ3n) is 3.89. The van der Waals surface area contributed by atoms with Gasteiger partial charge in [-0.25, -0.2) is 0 Å². The summed E-state index contributed by atoms with van der Waals surface area (Å²) in [6.07, 6.45) is 0.668. The summed E-state index contributed by atoms with van der Waals surface area (Å²) in [6, 6.07) is 16.2.